The molecule has 2 N–H and O–H groups in total. The molecule has 0 aliphatic carbocycles. The van der Waals surface area contributed by atoms with Gasteiger partial charge < -0.3 is 14.0 Å². The number of aromatic nitrogens is 2. The fourth-order valence-corrected chi connectivity index (χ4v) is 7.26. The fraction of sp³-hybridized carbons (Fsp3) is 0.651. The van der Waals surface area contributed by atoms with Crippen molar-refractivity contribution in [3.05, 3.63) is 75.9 Å². The van der Waals surface area contributed by atoms with E-state index in [0.717, 1.165) is 34.5 Å². The van der Waals surface area contributed by atoms with Crippen LogP contribution in [0.4, 0.5) is 0 Å². The molecule has 2 aromatic carbocycles. The lowest BCUT2D eigenvalue weighted by Gasteiger charge is -2.33. The van der Waals surface area contributed by atoms with Crippen LogP contribution in [0.5, 0.6) is 11.5 Å². The Kier molecular flexibility index (Phi) is 14.1. The minimum Gasteiger partial charge on any atom is -0.395 e. The first-order chi connectivity index (χ1) is 23.0. The number of aryl methyl sites for hydroxylation is 1. The predicted molar refractivity (Wildman–Crippen MR) is 211 cm³/mol. The van der Waals surface area contributed by atoms with Gasteiger partial charge in [-0.1, -0.05) is 166 Å². The van der Waals surface area contributed by atoms with Gasteiger partial charge in [-0.25, -0.2) is 9.55 Å². The van der Waals surface area contributed by atoms with Crippen LogP contribution in [-0.4, -0.2) is 14.9 Å². The number of imidazole rings is 1. The smallest absolute Gasteiger partial charge is 0.395 e. The summed E-state index contributed by atoms with van der Waals surface area (Å²) in [5.74, 6) is 2.08. The van der Waals surface area contributed by atoms with Gasteiger partial charge in [0.05, 0.1) is 0 Å². The van der Waals surface area contributed by atoms with Gasteiger partial charge in [0.2, 0.25) is 0 Å². The summed E-state index contributed by atoms with van der Waals surface area (Å²) in [4.78, 5) is 18.3. The van der Waals surface area contributed by atoms with Crippen molar-refractivity contribution in [2.45, 2.75) is 182 Å². The molecule has 0 atom stereocenters. The normalized spacial score (nSPS) is 14.7. The van der Waals surface area contributed by atoms with E-state index in [2.05, 4.69) is 124 Å². The van der Waals surface area contributed by atoms with Crippen LogP contribution in [0.2, 0.25) is 0 Å². The summed E-state index contributed by atoms with van der Waals surface area (Å²) in [7, 11) is -4.43. The summed E-state index contributed by atoms with van der Waals surface area (Å²) < 4.78 is 25.1. The molecule has 0 saturated heterocycles. The van der Waals surface area contributed by atoms with E-state index < -0.39 is 7.82 Å². The second-order valence-corrected chi connectivity index (χ2v) is 19.8. The highest BCUT2D eigenvalue weighted by Gasteiger charge is 2.38. The van der Waals surface area contributed by atoms with E-state index in [1.165, 1.54) is 68.9 Å². The van der Waals surface area contributed by atoms with Crippen molar-refractivity contribution < 1.29 is 18.5 Å². The third-order valence-electron chi connectivity index (χ3n) is 9.55. The molecule has 0 amide bonds. The van der Waals surface area contributed by atoms with Crippen LogP contribution < -0.4 is 9.05 Å². The van der Waals surface area contributed by atoms with E-state index in [-0.39, 0.29) is 21.7 Å². The van der Waals surface area contributed by atoms with Gasteiger partial charge in [-0.2, -0.15) is 0 Å². The molecule has 3 aromatic rings. The molecule has 6 nitrogen and oxygen atoms in total. The Balaban J connectivity index is 0.000000354. The number of nitrogens with one attached hydrogen (secondary N) is 1. The minimum absolute atomic E-state index is 0.0799. The molecule has 2 heterocycles. The Hall–Kier alpha value is -2.56. The zero-order valence-electron chi connectivity index (χ0n) is 33.8. The first-order valence-electron chi connectivity index (χ1n) is 19.1. The Morgan fingerprint density at radius 3 is 1.44 bits per heavy atom. The van der Waals surface area contributed by atoms with E-state index in [9.17, 15) is 9.46 Å². The monoisotopic (exact) mass is 708 g/mol. The number of phosphoric ester groups is 1. The maximum atomic E-state index is 13.4. The summed E-state index contributed by atoms with van der Waals surface area (Å²) in [6, 6.07) is 8.52. The zero-order valence-corrected chi connectivity index (χ0v) is 34.7. The number of phosphoric acid groups is 1. The molecule has 0 spiro atoms. The van der Waals surface area contributed by atoms with Gasteiger partial charge in [0.1, 0.15) is 17.3 Å². The number of fused-ring (bicyclic) bond motifs is 2. The average Bonchev–Trinajstić information content (AvgIpc) is 3.48. The highest BCUT2D eigenvalue weighted by molar-refractivity contribution is 7.48. The summed E-state index contributed by atoms with van der Waals surface area (Å²) in [5, 5.41) is 0. The molecule has 0 fully saturated rings. The van der Waals surface area contributed by atoms with Gasteiger partial charge in [-0.05, 0) is 50.3 Å². The van der Waals surface area contributed by atoms with Gasteiger partial charge in [0.25, 0.3) is 0 Å². The van der Waals surface area contributed by atoms with Crippen LogP contribution in [0.15, 0.2) is 36.7 Å². The first-order valence-corrected chi connectivity index (χ1v) is 20.6. The summed E-state index contributed by atoms with van der Waals surface area (Å²) >= 11 is 0. The van der Waals surface area contributed by atoms with E-state index in [1.807, 2.05) is 12.4 Å². The number of H-pyrrole nitrogens is 1. The molecule has 0 radical (unpaired) electrons. The lowest BCUT2D eigenvalue weighted by Crippen LogP contribution is -2.22. The van der Waals surface area contributed by atoms with E-state index in [1.54, 1.807) is 0 Å². The number of hydrogen-bond acceptors (Lipinski definition) is 4. The number of hydrogen-bond donors (Lipinski definition) is 2. The van der Waals surface area contributed by atoms with Crippen molar-refractivity contribution in [3.8, 4) is 11.5 Å². The third kappa shape index (κ3) is 12.3. The van der Waals surface area contributed by atoms with Crippen molar-refractivity contribution in [1.82, 2.24) is 9.97 Å². The van der Waals surface area contributed by atoms with E-state index in [0.29, 0.717) is 17.9 Å². The topological polar surface area (TPSA) is 84.4 Å². The van der Waals surface area contributed by atoms with Crippen LogP contribution in [0.3, 0.4) is 0 Å². The number of aromatic amines is 1. The van der Waals surface area contributed by atoms with Crippen molar-refractivity contribution in [3.63, 3.8) is 0 Å². The van der Waals surface area contributed by atoms with Crippen LogP contribution >= 0.6 is 7.82 Å². The van der Waals surface area contributed by atoms with Gasteiger partial charge >= 0.3 is 7.82 Å². The van der Waals surface area contributed by atoms with Gasteiger partial charge in [0, 0.05) is 36.4 Å². The first kappa shape index (κ1) is 41.9. The third-order valence-corrected chi connectivity index (χ3v) is 10.4. The van der Waals surface area contributed by atoms with Crippen LogP contribution in [0.25, 0.3) is 0 Å². The van der Waals surface area contributed by atoms with Gasteiger partial charge in [-0.15, -0.1) is 0 Å². The molecule has 0 unspecified atom stereocenters. The zero-order chi connectivity index (χ0) is 37.5. The standard InChI is InChI=1S/C29H43O4P.C14H26N2/c1-26(2,3)20-14-18-13-19-15-21(27(4,5)6)17-23(29(10,11)12)25(19)33-34(30,31)32-24(18)22(16-20)28(7,8)9;1-2-3-4-5-6-7-8-9-10-11-14-15-12-13-16-14/h14-17H,13H2,1-12H3,(H,30,31);12-13H,2-11H2,1H3,(H,15,16). The molecular formula is C43H69N2O4P. The second kappa shape index (κ2) is 16.8. The SMILES string of the molecule is CC(C)(C)c1cc2c(c(C(C)(C)C)c1)OP(=O)(O)Oc1c(cc(C(C)(C)C)cc1C(C)(C)C)C2.CCCCCCCCCCCc1ncc[nH]1. The van der Waals surface area contributed by atoms with Gasteiger partial charge in [-0.3, -0.25) is 4.89 Å². The molecular weight excluding hydrogens is 639 g/mol. The average molecular weight is 709 g/mol. The Bertz CT molecular complexity index is 1480. The second-order valence-electron chi connectivity index (χ2n) is 18.5. The van der Waals surface area contributed by atoms with Gasteiger partial charge in [0.15, 0.2) is 0 Å². The molecule has 50 heavy (non-hydrogen) atoms. The van der Waals surface area contributed by atoms with E-state index in [4.69, 9.17) is 9.05 Å². The minimum atomic E-state index is -4.43. The molecule has 1 aliphatic heterocycles. The Morgan fingerprint density at radius 1 is 0.660 bits per heavy atom. The quantitative estimate of drug-likeness (QED) is 0.162. The number of benzene rings is 2. The maximum absolute atomic E-state index is 13.4. The molecule has 4 rings (SSSR count). The molecule has 1 aliphatic rings. The molecule has 1 aromatic heterocycles. The van der Waals surface area contributed by atoms with Crippen LogP contribution in [0, 0.1) is 0 Å². The summed E-state index contributed by atoms with van der Waals surface area (Å²) in [5.41, 5.74) is 5.31. The lowest BCUT2D eigenvalue weighted by atomic mass is 9.76. The predicted octanol–water partition coefficient (Wildman–Crippen LogP) is 12.8. The Morgan fingerprint density at radius 2 is 1.08 bits per heavy atom. The fourth-order valence-electron chi connectivity index (χ4n) is 6.33. The van der Waals surface area contributed by atoms with Crippen molar-refractivity contribution in [2.24, 2.45) is 0 Å². The number of rotatable bonds is 10. The number of unbranched alkanes of at least 4 members (excludes halogenated alkanes) is 8. The molecule has 0 bridgehead atoms. The highest BCUT2D eigenvalue weighted by atomic mass is 31.2. The molecule has 7 heteroatoms. The highest BCUT2D eigenvalue weighted by Crippen LogP contribution is 2.54. The summed E-state index contributed by atoms with van der Waals surface area (Å²) in [6.45, 7) is 28.0. The molecule has 280 valence electrons. The van der Waals surface area contributed by atoms with Crippen molar-refractivity contribution in [1.29, 1.82) is 0 Å². The van der Waals surface area contributed by atoms with Crippen molar-refractivity contribution >= 4 is 7.82 Å². The lowest BCUT2D eigenvalue weighted by molar-refractivity contribution is 0.281. The van der Waals surface area contributed by atoms with Crippen LogP contribution in [0.1, 0.15) is 187 Å². The largest absolute Gasteiger partial charge is 0.584 e. The number of nitrogens with zero attached hydrogens (tertiary/aromatic N) is 1. The van der Waals surface area contributed by atoms with Crippen molar-refractivity contribution in [2.75, 3.05) is 0 Å². The summed E-state index contributed by atoms with van der Waals surface area (Å²) in [6.07, 6.45) is 17.9. The molecule has 0 saturated carbocycles. The van der Waals surface area contributed by atoms with Crippen LogP contribution in [-0.2, 0) is 39.1 Å². The van der Waals surface area contributed by atoms with E-state index >= 15 is 0 Å². The Labute approximate surface area is 305 Å². The maximum Gasteiger partial charge on any atom is 0.584 e.